The van der Waals surface area contributed by atoms with E-state index in [2.05, 4.69) is 10.3 Å². The minimum absolute atomic E-state index is 0.0882. The number of rotatable bonds is 4. The standard InChI is InChI=1S/C12H17ClN2O2/c1-7(4-9(3)16)15-12(17)10-5-8(2)14-11(13)6-10/h5-7,9,16H,4H2,1-3H3,(H,15,17). The van der Waals surface area contributed by atoms with Crippen LogP contribution in [0.1, 0.15) is 36.3 Å². The van der Waals surface area contributed by atoms with Crippen molar-refractivity contribution in [2.45, 2.75) is 39.3 Å². The van der Waals surface area contributed by atoms with Crippen molar-refractivity contribution in [3.63, 3.8) is 0 Å². The van der Waals surface area contributed by atoms with Crippen molar-refractivity contribution in [1.29, 1.82) is 0 Å². The highest BCUT2D eigenvalue weighted by Crippen LogP contribution is 2.10. The van der Waals surface area contributed by atoms with Gasteiger partial charge in [0.15, 0.2) is 0 Å². The topological polar surface area (TPSA) is 62.2 Å². The fourth-order valence-electron chi connectivity index (χ4n) is 1.64. The highest BCUT2D eigenvalue weighted by molar-refractivity contribution is 6.29. The third-order valence-electron chi connectivity index (χ3n) is 2.26. The van der Waals surface area contributed by atoms with Gasteiger partial charge in [0.1, 0.15) is 5.15 Å². The molecule has 0 bridgehead atoms. The molecule has 0 aliphatic heterocycles. The van der Waals surface area contributed by atoms with Gasteiger partial charge in [0.2, 0.25) is 0 Å². The number of aliphatic hydroxyl groups excluding tert-OH is 1. The van der Waals surface area contributed by atoms with Gasteiger partial charge in [-0.25, -0.2) is 4.98 Å². The molecule has 2 unspecified atom stereocenters. The third-order valence-corrected chi connectivity index (χ3v) is 2.45. The molecule has 2 N–H and O–H groups in total. The van der Waals surface area contributed by atoms with Gasteiger partial charge in [-0.1, -0.05) is 11.6 Å². The Morgan fingerprint density at radius 2 is 2.18 bits per heavy atom. The SMILES string of the molecule is Cc1cc(C(=O)NC(C)CC(C)O)cc(Cl)n1. The summed E-state index contributed by atoms with van der Waals surface area (Å²) in [6.07, 6.45) is 0.0804. The second kappa shape index (κ2) is 5.98. The van der Waals surface area contributed by atoms with E-state index < -0.39 is 6.10 Å². The lowest BCUT2D eigenvalue weighted by Crippen LogP contribution is -2.34. The molecule has 0 aromatic carbocycles. The quantitative estimate of drug-likeness (QED) is 0.810. The first-order valence-electron chi connectivity index (χ1n) is 5.51. The molecule has 5 heteroatoms. The largest absolute Gasteiger partial charge is 0.393 e. The maximum atomic E-state index is 11.9. The van der Waals surface area contributed by atoms with Crippen molar-refractivity contribution in [3.05, 3.63) is 28.5 Å². The lowest BCUT2D eigenvalue weighted by Gasteiger charge is -2.15. The van der Waals surface area contributed by atoms with Crippen LogP contribution in [0.5, 0.6) is 0 Å². The fourth-order valence-corrected chi connectivity index (χ4v) is 1.89. The smallest absolute Gasteiger partial charge is 0.251 e. The van der Waals surface area contributed by atoms with Crippen LogP contribution in [-0.2, 0) is 0 Å². The van der Waals surface area contributed by atoms with E-state index in [0.29, 0.717) is 22.8 Å². The van der Waals surface area contributed by atoms with Crippen LogP contribution in [-0.4, -0.2) is 28.1 Å². The summed E-state index contributed by atoms with van der Waals surface area (Å²) in [4.78, 5) is 15.9. The van der Waals surface area contributed by atoms with E-state index in [-0.39, 0.29) is 11.9 Å². The lowest BCUT2D eigenvalue weighted by atomic mass is 10.1. The summed E-state index contributed by atoms with van der Waals surface area (Å²) in [5, 5.41) is 12.3. The molecule has 94 valence electrons. The van der Waals surface area contributed by atoms with Gasteiger partial charge in [0.05, 0.1) is 6.10 Å². The van der Waals surface area contributed by atoms with Crippen LogP contribution in [0.2, 0.25) is 5.15 Å². The summed E-state index contributed by atoms with van der Waals surface area (Å²) < 4.78 is 0. The average molecular weight is 257 g/mol. The summed E-state index contributed by atoms with van der Waals surface area (Å²) >= 11 is 5.78. The second-order valence-electron chi connectivity index (χ2n) is 4.28. The van der Waals surface area contributed by atoms with Gasteiger partial charge in [-0.3, -0.25) is 4.79 Å². The monoisotopic (exact) mass is 256 g/mol. The van der Waals surface area contributed by atoms with E-state index in [0.717, 1.165) is 0 Å². The predicted molar refractivity (Wildman–Crippen MR) is 67.2 cm³/mol. The summed E-state index contributed by atoms with van der Waals surface area (Å²) in [5.74, 6) is -0.203. The first kappa shape index (κ1) is 13.9. The molecule has 2 atom stereocenters. The number of aryl methyl sites for hydroxylation is 1. The van der Waals surface area contributed by atoms with Crippen molar-refractivity contribution in [1.82, 2.24) is 10.3 Å². The number of amides is 1. The number of carbonyl (C=O) groups excluding carboxylic acids is 1. The molecule has 0 aliphatic rings. The van der Waals surface area contributed by atoms with E-state index in [1.54, 1.807) is 19.9 Å². The maximum absolute atomic E-state index is 11.9. The molecular formula is C12H17ClN2O2. The third kappa shape index (κ3) is 4.71. The maximum Gasteiger partial charge on any atom is 0.251 e. The van der Waals surface area contributed by atoms with Crippen molar-refractivity contribution < 1.29 is 9.90 Å². The zero-order valence-corrected chi connectivity index (χ0v) is 11.0. The van der Waals surface area contributed by atoms with Crippen LogP contribution in [0.4, 0.5) is 0 Å². The van der Waals surface area contributed by atoms with E-state index in [1.807, 2.05) is 6.92 Å². The normalized spacial score (nSPS) is 14.2. The molecule has 0 radical (unpaired) electrons. The van der Waals surface area contributed by atoms with Crippen LogP contribution in [0.3, 0.4) is 0 Å². The Labute approximate surface area is 106 Å². The Hall–Kier alpha value is -1.13. The molecule has 0 saturated heterocycles. The predicted octanol–water partition coefficient (Wildman–Crippen LogP) is 1.93. The number of hydrogen-bond donors (Lipinski definition) is 2. The van der Waals surface area contributed by atoms with Crippen molar-refractivity contribution in [3.8, 4) is 0 Å². The van der Waals surface area contributed by atoms with E-state index in [1.165, 1.54) is 6.07 Å². The Bertz CT molecular complexity index is 387. The number of halogens is 1. The number of aliphatic hydroxyl groups is 1. The molecule has 1 rings (SSSR count). The van der Waals surface area contributed by atoms with E-state index >= 15 is 0 Å². The molecule has 4 nitrogen and oxygen atoms in total. The summed E-state index contributed by atoms with van der Waals surface area (Å²) in [6.45, 7) is 5.32. The van der Waals surface area contributed by atoms with Crippen molar-refractivity contribution in [2.24, 2.45) is 0 Å². The molecule has 1 amide bonds. The van der Waals surface area contributed by atoms with Crippen LogP contribution < -0.4 is 5.32 Å². The van der Waals surface area contributed by atoms with Gasteiger partial charge < -0.3 is 10.4 Å². The van der Waals surface area contributed by atoms with Crippen molar-refractivity contribution >= 4 is 17.5 Å². The molecular weight excluding hydrogens is 240 g/mol. The Kier molecular flexibility index (Phi) is 4.90. The number of pyridine rings is 1. The summed E-state index contributed by atoms with van der Waals surface area (Å²) in [6, 6.07) is 3.12. The summed E-state index contributed by atoms with van der Waals surface area (Å²) in [7, 11) is 0. The minimum atomic E-state index is -0.437. The van der Waals surface area contributed by atoms with Gasteiger partial charge in [0, 0.05) is 17.3 Å². The zero-order valence-electron chi connectivity index (χ0n) is 10.2. The van der Waals surface area contributed by atoms with Gasteiger partial charge >= 0.3 is 0 Å². The molecule has 0 fully saturated rings. The summed E-state index contributed by atoms with van der Waals surface area (Å²) in [5.41, 5.74) is 1.19. The van der Waals surface area contributed by atoms with Gasteiger partial charge in [0.25, 0.3) is 5.91 Å². The molecule has 1 aromatic rings. The van der Waals surface area contributed by atoms with Crippen LogP contribution in [0.25, 0.3) is 0 Å². The van der Waals surface area contributed by atoms with Crippen LogP contribution in [0.15, 0.2) is 12.1 Å². The molecule has 0 aliphatic carbocycles. The molecule has 17 heavy (non-hydrogen) atoms. The second-order valence-corrected chi connectivity index (χ2v) is 4.67. The van der Waals surface area contributed by atoms with Gasteiger partial charge in [-0.05, 0) is 39.3 Å². The van der Waals surface area contributed by atoms with Crippen LogP contribution >= 0.6 is 11.6 Å². The number of hydrogen-bond acceptors (Lipinski definition) is 3. The Morgan fingerprint density at radius 1 is 1.53 bits per heavy atom. The number of nitrogens with zero attached hydrogens (tertiary/aromatic N) is 1. The van der Waals surface area contributed by atoms with Crippen molar-refractivity contribution in [2.75, 3.05) is 0 Å². The Balaban J connectivity index is 2.69. The van der Waals surface area contributed by atoms with Crippen LogP contribution in [0, 0.1) is 6.92 Å². The highest BCUT2D eigenvalue weighted by atomic mass is 35.5. The number of nitrogens with one attached hydrogen (secondary N) is 1. The lowest BCUT2D eigenvalue weighted by molar-refractivity contribution is 0.0923. The zero-order chi connectivity index (χ0) is 13.0. The van der Waals surface area contributed by atoms with Gasteiger partial charge in [-0.2, -0.15) is 0 Å². The average Bonchev–Trinajstić information content (AvgIpc) is 2.14. The fraction of sp³-hybridized carbons (Fsp3) is 0.500. The first-order valence-corrected chi connectivity index (χ1v) is 5.89. The molecule has 1 heterocycles. The highest BCUT2D eigenvalue weighted by Gasteiger charge is 2.12. The Morgan fingerprint density at radius 3 is 2.71 bits per heavy atom. The van der Waals surface area contributed by atoms with Gasteiger partial charge in [-0.15, -0.1) is 0 Å². The number of carbonyl (C=O) groups is 1. The first-order chi connectivity index (χ1) is 7.88. The molecule has 1 aromatic heterocycles. The minimum Gasteiger partial charge on any atom is -0.393 e. The van der Waals surface area contributed by atoms with E-state index in [9.17, 15) is 9.90 Å². The molecule has 0 saturated carbocycles. The number of aromatic nitrogens is 1. The van der Waals surface area contributed by atoms with E-state index in [4.69, 9.17) is 11.6 Å². The molecule has 0 spiro atoms.